The van der Waals surface area contributed by atoms with Crippen molar-refractivity contribution in [1.82, 2.24) is 9.97 Å². The SMILES string of the molecule is Cc1cnc(-c2ccncc2Br)o1. The number of hydrogen-bond donors (Lipinski definition) is 0. The Kier molecular flexibility index (Phi) is 2.14. The lowest BCUT2D eigenvalue weighted by Gasteiger charge is -1.96. The molecule has 0 aliphatic heterocycles. The third-order valence-corrected chi connectivity index (χ3v) is 2.26. The standard InChI is InChI=1S/C9H7BrN2O/c1-6-4-12-9(13-6)7-2-3-11-5-8(7)10/h2-5H,1H3. The predicted octanol–water partition coefficient (Wildman–Crippen LogP) is 2.81. The summed E-state index contributed by atoms with van der Waals surface area (Å²) in [5.74, 6) is 1.42. The molecule has 0 fully saturated rings. The fourth-order valence-corrected chi connectivity index (χ4v) is 1.45. The smallest absolute Gasteiger partial charge is 0.227 e. The first-order valence-corrected chi connectivity index (χ1v) is 4.59. The van der Waals surface area contributed by atoms with Gasteiger partial charge >= 0.3 is 0 Å². The summed E-state index contributed by atoms with van der Waals surface area (Å²) >= 11 is 3.38. The molecule has 0 saturated heterocycles. The van der Waals surface area contributed by atoms with E-state index in [1.807, 2.05) is 13.0 Å². The van der Waals surface area contributed by atoms with Gasteiger partial charge < -0.3 is 4.42 Å². The van der Waals surface area contributed by atoms with Crippen molar-refractivity contribution >= 4 is 15.9 Å². The highest BCUT2D eigenvalue weighted by atomic mass is 79.9. The molecule has 3 nitrogen and oxygen atoms in total. The molecule has 0 unspecified atom stereocenters. The molecule has 0 radical (unpaired) electrons. The number of rotatable bonds is 1. The van der Waals surface area contributed by atoms with Gasteiger partial charge in [0.2, 0.25) is 5.89 Å². The van der Waals surface area contributed by atoms with Crippen LogP contribution >= 0.6 is 15.9 Å². The van der Waals surface area contributed by atoms with Crippen LogP contribution in [0, 0.1) is 6.92 Å². The summed E-state index contributed by atoms with van der Waals surface area (Å²) in [6.07, 6.45) is 5.12. The molecule has 0 bridgehead atoms. The summed E-state index contributed by atoms with van der Waals surface area (Å²) in [6.45, 7) is 1.87. The molecule has 66 valence electrons. The molecule has 0 saturated carbocycles. The highest BCUT2D eigenvalue weighted by Crippen LogP contribution is 2.26. The summed E-state index contributed by atoms with van der Waals surface area (Å²) in [5.41, 5.74) is 0.920. The van der Waals surface area contributed by atoms with Crippen LogP contribution in [0.5, 0.6) is 0 Å². The Balaban J connectivity index is 2.52. The van der Waals surface area contributed by atoms with E-state index in [1.54, 1.807) is 18.6 Å². The van der Waals surface area contributed by atoms with Gasteiger partial charge in [0.05, 0.1) is 11.8 Å². The molecule has 0 N–H and O–H groups in total. The van der Waals surface area contributed by atoms with Crippen molar-refractivity contribution in [2.45, 2.75) is 6.92 Å². The summed E-state index contributed by atoms with van der Waals surface area (Å²) in [6, 6.07) is 1.86. The Hall–Kier alpha value is -1.16. The van der Waals surface area contributed by atoms with Gasteiger partial charge in [0.15, 0.2) is 0 Å². The van der Waals surface area contributed by atoms with Crippen LogP contribution in [0.25, 0.3) is 11.5 Å². The van der Waals surface area contributed by atoms with Gasteiger partial charge in [-0.05, 0) is 28.9 Å². The highest BCUT2D eigenvalue weighted by molar-refractivity contribution is 9.10. The molecule has 0 aliphatic rings. The molecule has 4 heteroatoms. The topological polar surface area (TPSA) is 38.9 Å². The highest BCUT2D eigenvalue weighted by Gasteiger charge is 2.07. The van der Waals surface area contributed by atoms with E-state index in [0.29, 0.717) is 5.89 Å². The second-order valence-corrected chi connectivity index (χ2v) is 3.49. The second kappa shape index (κ2) is 3.30. The first kappa shape index (κ1) is 8.44. The summed E-state index contributed by atoms with van der Waals surface area (Å²) in [4.78, 5) is 8.08. The van der Waals surface area contributed by atoms with Gasteiger partial charge in [0.1, 0.15) is 5.76 Å². The first-order chi connectivity index (χ1) is 6.27. The quantitative estimate of drug-likeness (QED) is 0.767. The fourth-order valence-electron chi connectivity index (χ4n) is 1.03. The molecular weight excluding hydrogens is 232 g/mol. The largest absolute Gasteiger partial charge is 0.441 e. The van der Waals surface area contributed by atoms with Gasteiger partial charge in [0.25, 0.3) is 0 Å². The normalized spacial score (nSPS) is 10.3. The number of nitrogens with zero attached hydrogens (tertiary/aromatic N) is 2. The van der Waals surface area contributed by atoms with E-state index in [4.69, 9.17) is 4.42 Å². The predicted molar refractivity (Wildman–Crippen MR) is 52.2 cm³/mol. The van der Waals surface area contributed by atoms with Gasteiger partial charge in [-0.1, -0.05) is 0 Å². The monoisotopic (exact) mass is 238 g/mol. The van der Waals surface area contributed by atoms with Crippen LogP contribution in [0.3, 0.4) is 0 Å². The maximum atomic E-state index is 5.38. The van der Waals surface area contributed by atoms with Crippen molar-refractivity contribution in [3.63, 3.8) is 0 Å². The van der Waals surface area contributed by atoms with E-state index >= 15 is 0 Å². The van der Waals surface area contributed by atoms with Crippen LogP contribution in [0.15, 0.2) is 33.5 Å². The van der Waals surface area contributed by atoms with E-state index in [-0.39, 0.29) is 0 Å². The molecule has 2 aromatic rings. The van der Waals surface area contributed by atoms with Crippen molar-refractivity contribution in [3.05, 3.63) is 34.9 Å². The Labute approximate surface area is 84.0 Å². The molecule has 2 aromatic heterocycles. The third-order valence-electron chi connectivity index (χ3n) is 1.62. The van der Waals surface area contributed by atoms with Crippen molar-refractivity contribution in [1.29, 1.82) is 0 Å². The van der Waals surface area contributed by atoms with Crippen molar-refractivity contribution < 1.29 is 4.42 Å². The van der Waals surface area contributed by atoms with Crippen LogP contribution in [-0.4, -0.2) is 9.97 Å². The zero-order valence-corrected chi connectivity index (χ0v) is 8.58. The molecule has 0 atom stereocenters. The van der Waals surface area contributed by atoms with Crippen molar-refractivity contribution in [2.24, 2.45) is 0 Å². The third kappa shape index (κ3) is 1.62. The number of aryl methyl sites for hydroxylation is 1. The van der Waals surface area contributed by atoms with E-state index in [0.717, 1.165) is 15.8 Å². The summed E-state index contributed by atoms with van der Waals surface area (Å²) < 4.78 is 6.27. The van der Waals surface area contributed by atoms with Crippen LogP contribution in [0.2, 0.25) is 0 Å². The number of pyridine rings is 1. The van der Waals surface area contributed by atoms with Crippen LogP contribution in [-0.2, 0) is 0 Å². The Bertz CT molecular complexity index is 425. The zero-order valence-electron chi connectivity index (χ0n) is 6.99. The van der Waals surface area contributed by atoms with E-state index < -0.39 is 0 Å². The van der Waals surface area contributed by atoms with Gasteiger partial charge in [-0.15, -0.1) is 0 Å². The minimum absolute atomic E-state index is 0.617. The zero-order chi connectivity index (χ0) is 9.26. The van der Waals surface area contributed by atoms with E-state index in [2.05, 4.69) is 25.9 Å². The number of oxazole rings is 1. The van der Waals surface area contributed by atoms with Crippen LogP contribution < -0.4 is 0 Å². The first-order valence-electron chi connectivity index (χ1n) is 3.79. The average molecular weight is 239 g/mol. The molecular formula is C9H7BrN2O. The van der Waals surface area contributed by atoms with Crippen molar-refractivity contribution in [3.8, 4) is 11.5 Å². The van der Waals surface area contributed by atoms with Crippen LogP contribution in [0.1, 0.15) is 5.76 Å². The molecule has 0 spiro atoms. The van der Waals surface area contributed by atoms with E-state index in [9.17, 15) is 0 Å². The van der Waals surface area contributed by atoms with Crippen molar-refractivity contribution in [2.75, 3.05) is 0 Å². The fraction of sp³-hybridized carbons (Fsp3) is 0.111. The molecule has 2 rings (SSSR count). The molecule has 0 aliphatic carbocycles. The molecule has 0 aromatic carbocycles. The Morgan fingerprint density at radius 2 is 2.23 bits per heavy atom. The van der Waals surface area contributed by atoms with Crippen LogP contribution in [0.4, 0.5) is 0 Å². The van der Waals surface area contributed by atoms with Gasteiger partial charge in [-0.2, -0.15) is 0 Å². The van der Waals surface area contributed by atoms with E-state index in [1.165, 1.54) is 0 Å². The average Bonchev–Trinajstić information content (AvgIpc) is 2.53. The lowest BCUT2D eigenvalue weighted by molar-refractivity contribution is 0.542. The van der Waals surface area contributed by atoms with Gasteiger partial charge in [0, 0.05) is 16.9 Å². The maximum absolute atomic E-state index is 5.38. The lowest BCUT2D eigenvalue weighted by Crippen LogP contribution is -1.80. The van der Waals surface area contributed by atoms with Gasteiger partial charge in [-0.25, -0.2) is 4.98 Å². The second-order valence-electron chi connectivity index (χ2n) is 2.63. The number of halogens is 1. The summed E-state index contributed by atoms with van der Waals surface area (Å²) in [5, 5.41) is 0. The minimum atomic E-state index is 0.617. The number of hydrogen-bond acceptors (Lipinski definition) is 3. The molecule has 2 heterocycles. The molecule has 13 heavy (non-hydrogen) atoms. The Morgan fingerprint density at radius 3 is 2.85 bits per heavy atom. The molecule has 0 amide bonds. The Morgan fingerprint density at radius 1 is 1.38 bits per heavy atom. The summed E-state index contributed by atoms with van der Waals surface area (Å²) in [7, 11) is 0. The van der Waals surface area contributed by atoms with Gasteiger partial charge in [-0.3, -0.25) is 4.98 Å². The maximum Gasteiger partial charge on any atom is 0.227 e. The number of aromatic nitrogens is 2. The minimum Gasteiger partial charge on any atom is -0.441 e. The lowest BCUT2D eigenvalue weighted by atomic mass is 10.3.